The molecule has 0 aromatic heterocycles. The summed E-state index contributed by atoms with van der Waals surface area (Å²) < 4.78 is 14.5. The van der Waals surface area contributed by atoms with Crippen LogP contribution in [0, 0.1) is 0 Å². The topological polar surface area (TPSA) is 82.1 Å². The molecule has 0 saturated heterocycles. The number of hydrogen-bond donors (Lipinski definition) is 1. The van der Waals surface area contributed by atoms with Gasteiger partial charge in [0.05, 0.1) is 5.02 Å². The van der Waals surface area contributed by atoms with Gasteiger partial charge < -0.3 is 19.3 Å². The molecule has 22 heavy (non-hydrogen) atoms. The third kappa shape index (κ3) is 6.80. The van der Waals surface area contributed by atoms with E-state index in [0.29, 0.717) is 5.02 Å². The Balaban J connectivity index is 2.28. The van der Waals surface area contributed by atoms with Gasteiger partial charge in [-0.3, -0.25) is 0 Å². The zero-order valence-electron chi connectivity index (χ0n) is 11.5. The smallest absolute Gasteiger partial charge is 0.344 e. The van der Waals surface area contributed by atoms with Crippen molar-refractivity contribution in [3.63, 3.8) is 0 Å². The van der Waals surface area contributed by atoms with Crippen LogP contribution in [0.2, 0.25) is 10.0 Å². The van der Waals surface area contributed by atoms with Crippen molar-refractivity contribution in [1.82, 2.24) is 0 Å². The summed E-state index contributed by atoms with van der Waals surface area (Å²) in [6.07, 6.45) is -0.172. The van der Waals surface area contributed by atoms with Gasteiger partial charge in [0.2, 0.25) is 0 Å². The lowest BCUT2D eigenvalue weighted by atomic mass is 10.3. The first-order valence-electron chi connectivity index (χ1n) is 6.13. The standard InChI is InChI=1S/C14H14Cl2O6/c1-2-13(18)21-6-10(17)7-22-14(19)8-20-12-4-3-9(15)5-11(12)16/h2-5,10,17H,1,6-8H2. The van der Waals surface area contributed by atoms with Gasteiger partial charge in [-0.15, -0.1) is 0 Å². The summed E-state index contributed by atoms with van der Waals surface area (Å²) in [7, 11) is 0. The Bertz CT molecular complexity index is 546. The fourth-order valence-corrected chi connectivity index (χ4v) is 1.71. The molecule has 0 amide bonds. The van der Waals surface area contributed by atoms with Crippen LogP contribution in [0.4, 0.5) is 0 Å². The number of benzene rings is 1. The molecule has 1 aromatic carbocycles. The van der Waals surface area contributed by atoms with Crippen molar-refractivity contribution in [3.05, 3.63) is 40.9 Å². The van der Waals surface area contributed by atoms with Crippen molar-refractivity contribution in [2.45, 2.75) is 6.10 Å². The van der Waals surface area contributed by atoms with Gasteiger partial charge in [0.25, 0.3) is 0 Å². The van der Waals surface area contributed by atoms with Crippen molar-refractivity contribution in [2.75, 3.05) is 19.8 Å². The van der Waals surface area contributed by atoms with Crippen molar-refractivity contribution in [1.29, 1.82) is 0 Å². The number of carbonyl (C=O) groups is 2. The Morgan fingerprint density at radius 3 is 2.59 bits per heavy atom. The number of carbonyl (C=O) groups excluding carboxylic acids is 2. The van der Waals surface area contributed by atoms with E-state index in [4.69, 9.17) is 32.7 Å². The third-order valence-corrected chi connectivity index (χ3v) is 2.79. The van der Waals surface area contributed by atoms with E-state index in [0.717, 1.165) is 6.08 Å². The predicted octanol–water partition coefficient (Wildman–Crippen LogP) is 2.01. The molecule has 0 bridgehead atoms. The van der Waals surface area contributed by atoms with Gasteiger partial charge in [0.1, 0.15) is 25.1 Å². The van der Waals surface area contributed by atoms with Crippen LogP contribution in [0.25, 0.3) is 0 Å². The Morgan fingerprint density at radius 2 is 1.95 bits per heavy atom. The first kappa shape index (κ1) is 18.3. The summed E-state index contributed by atoms with van der Waals surface area (Å²) in [6.45, 7) is 2.18. The highest BCUT2D eigenvalue weighted by atomic mass is 35.5. The minimum atomic E-state index is -1.13. The number of esters is 2. The van der Waals surface area contributed by atoms with Crippen LogP contribution in [-0.4, -0.2) is 43.0 Å². The van der Waals surface area contributed by atoms with Crippen LogP contribution in [0.1, 0.15) is 0 Å². The molecule has 0 fully saturated rings. The normalized spacial score (nSPS) is 11.4. The van der Waals surface area contributed by atoms with Crippen molar-refractivity contribution in [3.8, 4) is 5.75 Å². The average Bonchev–Trinajstić information content (AvgIpc) is 2.49. The maximum atomic E-state index is 11.4. The fraction of sp³-hybridized carbons (Fsp3) is 0.286. The van der Waals surface area contributed by atoms with E-state index in [2.05, 4.69) is 11.3 Å². The summed E-state index contributed by atoms with van der Waals surface area (Å²) in [4.78, 5) is 22.2. The molecule has 0 aliphatic heterocycles. The van der Waals surface area contributed by atoms with Gasteiger partial charge >= 0.3 is 11.9 Å². The maximum Gasteiger partial charge on any atom is 0.344 e. The number of aliphatic hydroxyl groups excluding tert-OH is 1. The van der Waals surface area contributed by atoms with Gasteiger partial charge in [-0.05, 0) is 18.2 Å². The molecule has 120 valence electrons. The first-order chi connectivity index (χ1) is 10.4. The van der Waals surface area contributed by atoms with Crippen LogP contribution in [0.3, 0.4) is 0 Å². The second-order valence-corrected chi connectivity index (χ2v) is 4.88. The summed E-state index contributed by atoms with van der Waals surface area (Å²) in [5.74, 6) is -1.10. The quantitative estimate of drug-likeness (QED) is 0.571. The van der Waals surface area contributed by atoms with Crippen LogP contribution in [-0.2, 0) is 19.1 Å². The Kier molecular flexibility index (Phi) is 7.73. The molecular formula is C14H14Cl2O6. The lowest BCUT2D eigenvalue weighted by molar-refractivity contribution is -0.151. The molecule has 0 aliphatic rings. The highest BCUT2D eigenvalue weighted by Gasteiger charge is 2.12. The van der Waals surface area contributed by atoms with Crippen LogP contribution in [0.15, 0.2) is 30.9 Å². The predicted molar refractivity (Wildman–Crippen MR) is 80.1 cm³/mol. The minimum absolute atomic E-state index is 0.261. The molecule has 1 aromatic rings. The van der Waals surface area contributed by atoms with E-state index < -0.39 is 18.0 Å². The molecule has 1 atom stereocenters. The second-order valence-electron chi connectivity index (χ2n) is 4.03. The minimum Gasteiger partial charge on any atom is -0.480 e. The molecule has 0 radical (unpaired) electrons. The van der Waals surface area contributed by atoms with Gasteiger partial charge in [-0.25, -0.2) is 9.59 Å². The zero-order valence-corrected chi connectivity index (χ0v) is 13.0. The van der Waals surface area contributed by atoms with Gasteiger partial charge in [-0.2, -0.15) is 0 Å². The molecule has 1 N–H and O–H groups in total. The highest BCUT2D eigenvalue weighted by Crippen LogP contribution is 2.27. The highest BCUT2D eigenvalue weighted by molar-refractivity contribution is 6.35. The van der Waals surface area contributed by atoms with Crippen molar-refractivity contribution >= 4 is 35.1 Å². The number of ether oxygens (including phenoxy) is 3. The molecule has 1 unspecified atom stereocenters. The summed E-state index contributed by atoms with van der Waals surface area (Å²) in [5.41, 5.74) is 0. The van der Waals surface area contributed by atoms with Crippen LogP contribution >= 0.6 is 23.2 Å². The largest absolute Gasteiger partial charge is 0.480 e. The molecule has 0 spiro atoms. The molecular weight excluding hydrogens is 335 g/mol. The molecule has 8 heteroatoms. The monoisotopic (exact) mass is 348 g/mol. The third-order valence-electron chi connectivity index (χ3n) is 2.26. The lowest BCUT2D eigenvalue weighted by Crippen LogP contribution is -2.26. The van der Waals surface area contributed by atoms with E-state index in [-0.39, 0.29) is 30.6 Å². The van der Waals surface area contributed by atoms with E-state index >= 15 is 0 Å². The summed E-state index contributed by atoms with van der Waals surface area (Å²) in [5, 5.41) is 10.1. The molecule has 1 rings (SSSR count). The summed E-state index contributed by atoms with van der Waals surface area (Å²) >= 11 is 11.6. The van der Waals surface area contributed by atoms with Crippen molar-refractivity contribution in [2.24, 2.45) is 0 Å². The average molecular weight is 349 g/mol. The van der Waals surface area contributed by atoms with Crippen molar-refractivity contribution < 1.29 is 28.9 Å². The van der Waals surface area contributed by atoms with E-state index in [1.807, 2.05) is 0 Å². The SMILES string of the molecule is C=CC(=O)OCC(O)COC(=O)COc1ccc(Cl)cc1Cl. The number of halogens is 2. The second kappa shape index (κ2) is 9.30. The first-order valence-corrected chi connectivity index (χ1v) is 6.88. The molecule has 0 heterocycles. The van der Waals surface area contributed by atoms with E-state index in [9.17, 15) is 14.7 Å². The lowest BCUT2D eigenvalue weighted by Gasteiger charge is -2.12. The van der Waals surface area contributed by atoms with Crippen LogP contribution in [0.5, 0.6) is 5.75 Å². The Labute approximate surface area is 137 Å². The Morgan fingerprint density at radius 1 is 1.27 bits per heavy atom. The molecule has 0 saturated carbocycles. The summed E-state index contributed by atoms with van der Waals surface area (Å²) in [6, 6.07) is 4.55. The number of hydrogen-bond acceptors (Lipinski definition) is 6. The fourth-order valence-electron chi connectivity index (χ4n) is 1.25. The van der Waals surface area contributed by atoms with E-state index in [1.54, 1.807) is 6.07 Å². The maximum absolute atomic E-state index is 11.4. The van der Waals surface area contributed by atoms with Gasteiger partial charge in [0, 0.05) is 11.1 Å². The molecule has 6 nitrogen and oxygen atoms in total. The van der Waals surface area contributed by atoms with E-state index in [1.165, 1.54) is 12.1 Å². The molecule has 0 aliphatic carbocycles. The van der Waals surface area contributed by atoms with Gasteiger partial charge in [-0.1, -0.05) is 29.8 Å². The Hall–Kier alpha value is -1.76. The number of aliphatic hydroxyl groups is 1. The number of rotatable bonds is 8. The zero-order chi connectivity index (χ0) is 16.5. The van der Waals surface area contributed by atoms with Crippen LogP contribution < -0.4 is 4.74 Å². The van der Waals surface area contributed by atoms with Gasteiger partial charge in [0.15, 0.2) is 6.61 Å².